The zero-order valence-electron chi connectivity index (χ0n) is 10.7. The summed E-state index contributed by atoms with van der Waals surface area (Å²) in [6, 6.07) is 0. The third-order valence-corrected chi connectivity index (χ3v) is 2.97. The van der Waals surface area contributed by atoms with Gasteiger partial charge in [0.15, 0.2) is 12.1 Å². The molecule has 2 N–H and O–H groups in total. The molecule has 2 aliphatic rings. The number of ether oxygens (including phenoxy) is 5. The van der Waals surface area contributed by atoms with Crippen LogP contribution in [0.3, 0.4) is 0 Å². The van der Waals surface area contributed by atoms with Crippen molar-refractivity contribution in [2.24, 2.45) is 0 Å². The van der Waals surface area contributed by atoms with Gasteiger partial charge in [-0.25, -0.2) is 0 Å². The quantitative estimate of drug-likeness (QED) is 0.629. The van der Waals surface area contributed by atoms with E-state index in [-0.39, 0.29) is 6.79 Å². The molecule has 2 fully saturated rings. The van der Waals surface area contributed by atoms with E-state index in [4.69, 9.17) is 28.8 Å². The topological polar surface area (TPSA) is 86.6 Å². The molecule has 0 unspecified atom stereocenters. The second kappa shape index (κ2) is 5.38. The highest BCUT2D eigenvalue weighted by atomic mass is 16.8. The molecule has 0 aliphatic carbocycles. The Labute approximate surface area is 106 Å². The predicted molar refractivity (Wildman–Crippen MR) is 58.5 cm³/mol. The van der Waals surface area contributed by atoms with Crippen LogP contribution in [0.4, 0.5) is 0 Å². The minimum Gasteiger partial charge on any atom is -0.394 e. The van der Waals surface area contributed by atoms with Gasteiger partial charge in [0.05, 0.1) is 6.61 Å². The van der Waals surface area contributed by atoms with Gasteiger partial charge in [0, 0.05) is 7.11 Å². The molecule has 0 spiro atoms. The minimum absolute atomic E-state index is 0.0513. The Bertz CT molecular complexity index is 283. The smallest absolute Gasteiger partial charge is 0.190 e. The lowest BCUT2D eigenvalue weighted by atomic mass is 10.1. The maximum Gasteiger partial charge on any atom is 0.190 e. The van der Waals surface area contributed by atoms with E-state index in [1.54, 1.807) is 13.8 Å². The van der Waals surface area contributed by atoms with Gasteiger partial charge in [0.1, 0.15) is 31.2 Å². The van der Waals surface area contributed by atoms with Crippen LogP contribution in [0.5, 0.6) is 0 Å². The van der Waals surface area contributed by atoms with Crippen molar-refractivity contribution in [3.8, 4) is 0 Å². The lowest BCUT2D eigenvalue weighted by Gasteiger charge is -2.27. The van der Waals surface area contributed by atoms with Crippen LogP contribution in [0.1, 0.15) is 13.8 Å². The molecule has 0 radical (unpaired) electrons. The van der Waals surface area contributed by atoms with Crippen LogP contribution in [-0.2, 0) is 23.7 Å². The zero-order valence-corrected chi connectivity index (χ0v) is 10.7. The lowest BCUT2D eigenvalue weighted by molar-refractivity contribution is -0.237. The fraction of sp³-hybridized carbons (Fsp3) is 1.00. The van der Waals surface area contributed by atoms with Crippen molar-refractivity contribution in [3.63, 3.8) is 0 Å². The molecule has 18 heavy (non-hydrogen) atoms. The number of fused-ring (bicyclic) bond motifs is 1. The molecule has 2 rings (SSSR count). The first-order valence-corrected chi connectivity index (χ1v) is 5.89. The SMILES string of the molecule is COCO[C@@H]1[C@H]2OC(C)(C)O[C@H]2O[C@@H]1[C@H](O)CO. The summed E-state index contributed by atoms with van der Waals surface area (Å²) in [5.41, 5.74) is 0. The molecule has 0 bridgehead atoms. The van der Waals surface area contributed by atoms with Gasteiger partial charge in [-0.3, -0.25) is 0 Å². The molecule has 0 saturated carbocycles. The maximum absolute atomic E-state index is 9.71. The number of methoxy groups -OCH3 is 1. The summed E-state index contributed by atoms with van der Waals surface area (Å²) in [6.07, 6.45) is -3.34. The van der Waals surface area contributed by atoms with Gasteiger partial charge < -0.3 is 33.9 Å². The average molecular weight is 264 g/mol. The summed E-state index contributed by atoms with van der Waals surface area (Å²) in [6.45, 7) is 3.19. The van der Waals surface area contributed by atoms with Crippen LogP contribution in [0.2, 0.25) is 0 Å². The first-order valence-electron chi connectivity index (χ1n) is 5.89. The standard InChI is InChI=1S/C11H20O7/c1-11(2)17-9-8(15-5-14-3)7(6(13)4-12)16-10(9)18-11/h6-10,12-13H,4-5H2,1-3H3/t6-,7-,8+,9-,10-/m1/s1. The Kier molecular flexibility index (Phi) is 4.22. The van der Waals surface area contributed by atoms with Crippen LogP contribution in [0.15, 0.2) is 0 Å². The lowest BCUT2D eigenvalue weighted by Crippen LogP contribution is -2.44. The molecule has 0 amide bonds. The Morgan fingerprint density at radius 2 is 2.06 bits per heavy atom. The van der Waals surface area contributed by atoms with Crippen molar-refractivity contribution in [2.45, 2.75) is 50.3 Å². The Morgan fingerprint density at radius 1 is 1.33 bits per heavy atom. The highest BCUT2D eigenvalue weighted by Crippen LogP contribution is 2.39. The minimum atomic E-state index is -1.05. The number of rotatable bonds is 5. The molecule has 2 aliphatic heterocycles. The van der Waals surface area contributed by atoms with Crippen molar-refractivity contribution in [2.75, 3.05) is 20.5 Å². The molecule has 7 heteroatoms. The molecule has 7 nitrogen and oxygen atoms in total. The number of hydrogen-bond acceptors (Lipinski definition) is 7. The summed E-state index contributed by atoms with van der Waals surface area (Å²) >= 11 is 0. The third kappa shape index (κ3) is 2.67. The molecule has 2 heterocycles. The van der Waals surface area contributed by atoms with Gasteiger partial charge >= 0.3 is 0 Å². The van der Waals surface area contributed by atoms with Gasteiger partial charge in [0.2, 0.25) is 0 Å². The van der Waals surface area contributed by atoms with Crippen LogP contribution in [-0.4, -0.2) is 67.2 Å². The second-order valence-corrected chi connectivity index (χ2v) is 4.86. The highest BCUT2D eigenvalue weighted by molar-refractivity contribution is 4.96. The van der Waals surface area contributed by atoms with Gasteiger partial charge in [0.25, 0.3) is 0 Å². The van der Waals surface area contributed by atoms with E-state index in [0.29, 0.717) is 0 Å². The molecular formula is C11H20O7. The molecule has 106 valence electrons. The van der Waals surface area contributed by atoms with Crippen molar-refractivity contribution in [3.05, 3.63) is 0 Å². The van der Waals surface area contributed by atoms with Crippen molar-refractivity contribution < 1.29 is 33.9 Å². The van der Waals surface area contributed by atoms with Crippen LogP contribution >= 0.6 is 0 Å². The van der Waals surface area contributed by atoms with Crippen molar-refractivity contribution in [1.82, 2.24) is 0 Å². The van der Waals surface area contributed by atoms with Crippen molar-refractivity contribution in [1.29, 1.82) is 0 Å². The number of aliphatic hydroxyl groups excluding tert-OH is 2. The van der Waals surface area contributed by atoms with E-state index in [1.165, 1.54) is 7.11 Å². The van der Waals surface area contributed by atoms with Crippen molar-refractivity contribution >= 4 is 0 Å². The monoisotopic (exact) mass is 264 g/mol. The molecule has 5 atom stereocenters. The molecular weight excluding hydrogens is 244 g/mol. The summed E-state index contributed by atoms with van der Waals surface area (Å²) in [7, 11) is 1.50. The van der Waals surface area contributed by atoms with E-state index in [0.717, 1.165) is 0 Å². The Hall–Kier alpha value is -0.280. The molecule has 0 aromatic rings. The first-order chi connectivity index (χ1) is 8.48. The largest absolute Gasteiger partial charge is 0.394 e. The van der Waals surface area contributed by atoms with Crippen LogP contribution in [0.25, 0.3) is 0 Å². The van der Waals surface area contributed by atoms with Gasteiger partial charge in [-0.1, -0.05) is 0 Å². The van der Waals surface area contributed by atoms with Gasteiger partial charge in [-0.05, 0) is 13.8 Å². The predicted octanol–water partition coefficient (Wildman–Crippen LogP) is -0.795. The summed E-state index contributed by atoms with van der Waals surface area (Å²) in [4.78, 5) is 0. The Balaban J connectivity index is 2.07. The van der Waals surface area contributed by atoms with Gasteiger partial charge in [-0.15, -0.1) is 0 Å². The number of hydrogen-bond donors (Lipinski definition) is 2. The van der Waals surface area contributed by atoms with E-state index in [2.05, 4.69) is 0 Å². The molecule has 0 aromatic carbocycles. The Morgan fingerprint density at radius 3 is 2.67 bits per heavy atom. The second-order valence-electron chi connectivity index (χ2n) is 4.86. The first kappa shape index (κ1) is 14.1. The van der Waals surface area contributed by atoms with E-state index >= 15 is 0 Å². The fourth-order valence-electron chi connectivity index (χ4n) is 2.25. The highest BCUT2D eigenvalue weighted by Gasteiger charge is 2.56. The van der Waals surface area contributed by atoms with Crippen LogP contribution < -0.4 is 0 Å². The zero-order chi connectivity index (χ0) is 13.3. The third-order valence-electron chi connectivity index (χ3n) is 2.97. The van der Waals surface area contributed by atoms with E-state index in [9.17, 15) is 5.11 Å². The summed E-state index contributed by atoms with van der Waals surface area (Å²) in [5, 5.41) is 18.7. The van der Waals surface area contributed by atoms with E-state index in [1.807, 2.05) is 0 Å². The number of aliphatic hydroxyl groups is 2. The maximum atomic E-state index is 9.71. The molecule has 0 aromatic heterocycles. The van der Waals surface area contributed by atoms with E-state index < -0.39 is 43.1 Å². The normalized spacial score (nSPS) is 39.8. The van der Waals surface area contributed by atoms with Crippen LogP contribution in [0, 0.1) is 0 Å². The van der Waals surface area contributed by atoms with Gasteiger partial charge in [-0.2, -0.15) is 0 Å². The summed E-state index contributed by atoms with van der Waals surface area (Å²) in [5.74, 6) is -0.751. The fourth-order valence-corrected chi connectivity index (χ4v) is 2.25. The molecule has 2 saturated heterocycles. The average Bonchev–Trinajstić information content (AvgIpc) is 2.77. The summed E-state index contributed by atoms with van der Waals surface area (Å²) < 4.78 is 27.1.